The number of nitrogens with one attached hydrogen (secondary N) is 2. The molecule has 9 heteroatoms. The predicted molar refractivity (Wildman–Crippen MR) is 98.8 cm³/mol. The van der Waals surface area contributed by atoms with Crippen molar-refractivity contribution in [2.24, 2.45) is 0 Å². The number of hydrogen-bond acceptors (Lipinski definition) is 6. The molecular weight excluding hydrogens is 372 g/mol. The molecule has 0 fully saturated rings. The topological polar surface area (TPSA) is 111 Å². The maximum Gasteiger partial charge on any atom is 0.321 e. The Morgan fingerprint density at radius 2 is 1.67 bits per heavy atom. The second-order valence-corrected chi connectivity index (χ2v) is 7.25. The van der Waals surface area contributed by atoms with Gasteiger partial charge in [0.15, 0.2) is 6.10 Å². The second-order valence-electron chi connectivity index (χ2n) is 5.49. The zero-order chi connectivity index (χ0) is 19.9. The Hall–Kier alpha value is -2.91. The average molecular weight is 392 g/mol. The molecule has 2 aromatic rings. The van der Waals surface area contributed by atoms with Gasteiger partial charge in [-0.1, -0.05) is 18.2 Å². The number of hydrogen-bond donors (Lipinski definition) is 2. The van der Waals surface area contributed by atoms with E-state index in [1.54, 1.807) is 42.5 Å². The molecule has 2 rings (SSSR count). The lowest BCUT2D eigenvalue weighted by atomic mass is 10.3. The van der Waals surface area contributed by atoms with Crippen molar-refractivity contribution in [3.63, 3.8) is 0 Å². The van der Waals surface area contributed by atoms with E-state index < -0.39 is 34.5 Å². The quantitative estimate of drug-likeness (QED) is 0.660. The third-order valence-corrected chi connectivity index (χ3v) is 4.91. The van der Waals surface area contributed by atoms with Crippen LogP contribution in [0, 0.1) is 0 Å². The minimum atomic E-state index is -3.83. The summed E-state index contributed by atoms with van der Waals surface area (Å²) in [6, 6.07) is 14.2. The number of anilines is 1. The number of methoxy groups -OCH3 is 1. The summed E-state index contributed by atoms with van der Waals surface area (Å²) >= 11 is 0. The van der Waals surface area contributed by atoms with Gasteiger partial charge in [0.05, 0.1) is 12.0 Å². The predicted octanol–water partition coefficient (Wildman–Crippen LogP) is 1.54. The van der Waals surface area contributed by atoms with Crippen LogP contribution in [0.3, 0.4) is 0 Å². The molecule has 0 spiro atoms. The fraction of sp³-hybridized carbons (Fsp3) is 0.222. The summed E-state index contributed by atoms with van der Waals surface area (Å²) in [4.78, 5) is 23.9. The fourth-order valence-corrected chi connectivity index (χ4v) is 3.04. The van der Waals surface area contributed by atoms with Crippen molar-refractivity contribution in [2.45, 2.75) is 17.9 Å². The Labute approximate surface area is 157 Å². The molecule has 8 nitrogen and oxygen atoms in total. The van der Waals surface area contributed by atoms with E-state index in [2.05, 4.69) is 10.0 Å². The third-order valence-electron chi connectivity index (χ3n) is 3.50. The Kier molecular flexibility index (Phi) is 6.91. The Morgan fingerprint density at radius 3 is 2.26 bits per heavy atom. The SMILES string of the molecule is COc1ccc(NC(=O)[C@@H](C)OC(=O)CNS(=O)(=O)c2ccccc2)cc1. The first-order chi connectivity index (χ1) is 12.8. The Bertz CT molecular complexity index is 882. The fourth-order valence-electron chi connectivity index (χ4n) is 2.05. The number of rotatable bonds is 8. The first kappa shape index (κ1) is 20.4. The van der Waals surface area contributed by atoms with Crippen LogP contribution < -0.4 is 14.8 Å². The van der Waals surface area contributed by atoms with Crippen molar-refractivity contribution in [1.82, 2.24) is 4.72 Å². The van der Waals surface area contributed by atoms with Gasteiger partial charge in [-0.3, -0.25) is 9.59 Å². The number of carbonyl (C=O) groups excluding carboxylic acids is 2. The molecule has 0 saturated carbocycles. The maximum atomic E-state index is 12.1. The zero-order valence-electron chi connectivity index (χ0n) is 14.8. The van der Waals surface area contributed by atoms with Gasteiger partial charge in [0, 0.05) is 5.69 Å². The van der Waals surface area contributed by atoms with E-state index in [0.717, 1.165) is 0 Å². The van der Waals surface area contributed by atoms with Crippen molar-refractivity contribution in [3.8, 4) is 5.75 Å². The third kappa shape index (κ3) is 6.08. The molecule has 1 atom stereocenters. The lowest BCUT2D eigenvalue weighted by Gasteiger charge is -2.14. The molecular formula is C18H20N2O6S. The summed E-state index contributed by atoms with van der Waals surface area (Å²) in [5.74, 6) is -0.774. The molecule has 0 aromatic heterocycles. The summed E-state index contributed by atoms with van der Waals surface area (Å²) < 4.78 is 36.2. The van der Waals surface area contributed by atoms with Gasteiger partial charge in [-0.25, -0.2) is 8.42 Å². The van der Waals surface area contributed by atoms with E-state index in [4.69, 9.17) is 9.47 Å². The van der Waals surface area contributed by atoms with E-state index in [1.165, 1.54) is 26.2 Å². The number of amides is 1. The van der Waals surface area contributed by atoms with Crippen molar-refractivity contribution < 1.29 is 27.5 Å². The van der Waals surface area contributed by atoms with Gasteiger partial charge in [-0.15, -0.1) is 0 Å². The minimum Gasteiger partial charge on any atom is -0.497 e. The van der Waals surface area contributed by atoms with Crippen LogP contribution in [0.4, 0.5) is 5.69 Å². The second kappa shape index (κ2) is 9.15. The van der Waals surface area contributed by atoms with Gasteiger partial charge >= 0.3 is 5.97 Å². The van der Waals surface area contributed by atoms with Crippen LogP contribution in [0.5, 0.6) is 5.75 Å². The lowest BCUT2D eigenvalue weighted by Crippen LogP contribution is -2.35. The normalized spacial score (nSPS) is 12.1. The molecule has 0 aliphatic heterocycles. The highest BCUT2D eigenvalue weighted by atomic mass is 32.2. The van der Waals surface area contributed by atoms with Crippen LogP contribution in [0.15, 0.2) is 59.5 Å². The van der Waals surface area contributed by atoms with E-state index in [0.29, 0.717) is 11.4 Å². The summed E-state index contributed by atoms with van der Waals surface area (Å²) in [6.45, 7) is 0.805. The van der Waals surface area contributed by atoms with Crippen LogP contribution in [0.1, 0.15) is 6.92 Å². The average Bonchev–Trinajstić information content (AvgIpc) is 2.67. The molecule has 0 heterocycles. The van der Waals surface area contributed by atoms with Gasteiger partial charge in [0.25, 0.3) is 5.91 Å². The van der Waals surface area contributed by atoms with Crippen LogP contribution in [-0.2, 0) is 24.3 Å². The number of sulfonamides is 1. The van der Waals surface area contributed by atoms with Gasteiger partial charge < -0.3 is 14.8 Å². The number of esters is 1. The molecule has 144 valence electrons. The summed E-state index contributed by atoms with van der Waals surface area (Å²) in [7, 11) is -2.30. The van der Waals surface area contributed by atoms with Crippen LogP contribution in [0.2, 0.25) is 0 Å². The molecule has 2 N–H and O–H groups in total. The monoisotopic (exact) mass is 392 g/mol. The van der Waals surface area contributed by atoms with Crippen LogP contribution >= 0.6 is 0 Å². The van der Waals surface area contributed by atoms with Gasteiger partial charge in [-0.2, -0.15) is 4.72 Å². The molecule has 0 bridgehead atoms. The number of benzene rings is 2. The van der Waals surface area contributed by atoms with Crippen molar-refractivity contribution in [1.29, 1.82) is 0 Å². The summed E-state index contributed by atoms with van der Waals surface area (Å²) in [5, 5.41) is 2.59. The van der Waals surface area contributed by atoms with Crippen LogP contribution in [-0.4, -0.2) is 40.1 Å². The molecule has 0 aliphatic carbocycles. The van der Waals surface area contributed by atoms with E-state index >= 15 is 0 Å². The molecule has 0 saturated heterocycles. The number of ether oxygens (including phenoxy) is 2. The Morgan fingerprint density at radius 1 is 1.04 bits per heavy atom. The first-order valence-corrected chi connectivity index (χ1v) is 9.49. The van der Waals surface area contributed by atoms with E-state index in [1.807, 2.05) is 0 Å². The molecule has 0 unspecified atom stereocenters. The van der Waals surface area contributed by atoms with Gasteiger partial charge in [0.2, 0.25) is 10.0 Å². The molecule has 2 aromatic carbocycles. The largest absolute Gasteiger partial charge is 0.497 e. The lowest BCUT2D eigenvalue weighted by molar-refractivity contribution is -0.151. The summed E-state index contributed by atoms with van der Waals surface area (Å²) in [6.07, 6.45) is -1.10. The van der Waals surface area contributed by atoms with Crippen molar-refractivity contribution in [2.75, 3.05) is 19.0 Å². The molecule has 27 heavy (non-hydrogen) atoms. The standard InChI is InChI=1S/C18H20N2O6S/c1-13(18(22)20-14-8-10-15(25-2)11-9-14)26-17(21)12-19-27(23,24)16-6-4-3-5-7-16/h3-11,13,19H,12H2,1-2H3,(H,20,22)/t13-/m1/s1. The molecule has 0 radical (unpaired) electrons. The summed E-state index contributed by atoms with van der Waals surface area (Å²) in [5.41, 5.74) is 0.508. The number of carbonyl (C=O) groups is 2. The van der Waals surface area contributed by atoms with Gasteiger partial charge in [-0.05, 0) is 43.3 Å². The minimum absolute atomic E-state index is 0.0306. The van der Waals surface area contributed by atoms with Crippen molar-refractivity contribution in [3.05, 3.63) is 54.6 Å². The highest BCUT2D eigenvalue weighted by Crippen LogP contribution is 2.15. The Balaban J connectivity index is 1.84. The first-order valence-electron chi connectivity index (χ1n) is 8.01. The van der Waals surface area contributed by atoms with E-state index in [9.17, 15) is 18.0 Å². The van der Waals surface area contributed by atoms with Crippen LogP contribution in [0.25, 0.3) is 0 Å². The maximum absolute atomic E-state index is 12.1. The van der Waals surface area contributed by atoms with E-state index in [-0.39, 0.29) is 4.90 Å². The highest BCUT2D eigenvalue weighted by Gasteiger charge is 2.20. The van der Waals surface area contributed by atoms with Gasteiger partial charge in [0.1, 0.15) is 12.3 Å². The molecule has 1 amide bonds. The zero-order valence-corrected chi connectivity index (χ0v) is 15.7. The smallest absolute Gasteiger partial charge is 0.321 e. The highest BCUT2D eigenvalue weighted by molar-refractivity contribution is 7.89. The molecule has 0 aliphatic rings. The van der Waals surface area contributed by atoms with Crippen molar-refractivity contribution >= 4 is 27.6 Å².